The van der Waals surface area contributed by atoms with Crippen molar-refractivity contribution in [3.63, 3.8) is 0 Å². The van der Waals surface area contributed by atoms with Crippen LogP contribution in [0.3, 0.4) is 0 Å². The molecular weight excluding hydrogens is 574 g/mol. The maximum atomic E-state index is 11.8. The summed E-state index contributed by atoms with van der Waals surface area (Å²) in [5.41, 5.74) is 8.37. The second-order valence-electron chi connectivity index (χ2n) is 10.7. The smallest absolute Gasteiger partial charge is 0.497 e. The normalized spacial score (nSPS) is 11.0. The van der Waals surface area contributed by atoms with Gasteiger partial charge in [-0.2, -0.15) is 0 Å². The molecule has 0 radical (unpaired) electrons. The zero-order valence-electron chi connectivity index (χ0n) is 26.1. The molecule has 230 valence electrons. The standard InChI is InChI=1S/C40H35NO5/c1-29-10-20-35(21-11-29)41(36-22-16-31(17-23-36)12-14-33-6-4-8-38(26-33)44-3)37-24-18-32(19-25-37)13-15-34-7-5-9-39(27-34)46-40(43)45-28-30(2)42/h4-27H,28H2,1-3H3/b14-12+,15-13+. The first-order valence-electron chi connectivity index (χ1n) is 14.9. The molecule has 5 aromatic carbocycles. The van der Waals surface area contributed by atoms with Gasteiger partial charge in [0.05, 0.1) is 7.11 Å². The van der Waals surface area contributed by atoms with Gasteiger partial charge in [0.2, 0.25) is 0 Å². The van der Waals surface area contributed by atoms with Crippen molar-refractivity contribution in [3.8, 4) is 11.5 Å². The summed E-state index contributed by atoms with van der Waals surface area (Å²) in [5, 5.41) is 0. The van der Waals surface area contributed by atoms with E-state index in [0.29, 0.717) is 5.75 Å². The van der Waals surface area contributed by atoms with Crippen LogP contribution in [0.25, 0.3) is 24.3 Å². The zero-order valence-corrected chi connectivity index (χ0v) is 26.1. The first-order valence-corrected chi connectivity index (χ1v) is 14.9. The number of methoxy groups -OCH3 is 1. The van der Waals surface area contributed by atoms with Gasteiger partial charge in [0.15, 0.2) is 12.4 Å². The van der Waals surface area contributed by atoms with E-state index in [-0.39, 0.29) is 12.4 Å². The van der Waals surface area contributed by atoms with Crippen molar-refractivity contribution in [2.75, 3.05) is 18.6 Å². The second-order valence-corrected chi connectivity index (χ2v) is 10.7. The summed E-state index contributed by atoms with van der Waals surface area (Å²) in [6, 6.07) is 40.4. The summed E-state index contributed by atoms with van der Waals surface area (Å²) in [4.78, 5) is 25.1. The Kier molecular flexibility index (Phi) is 10.4. The minimum atomic E-state index is -0.913. The number of ketones is 1. The summed E-state index contributed by atoms with van der Waals surface area (Å²) in [7, 11) is 1.67. The number of hydrogen-bond donors (Lipinski definition) is 0. The molecule has 46 heavy (non-hydrogen) atoms. The van der Waals surface area contributed by atoms with Gasteiger partial charge >= 0.3 is 6.16 Å². The van der Waals surface area contributed by atoms with Crippen LogP contribution >= 0.6 is 0 Å². The number of carbonyl (C=O) groups excluding carboxylic acids is 2. The van der Waals surface area contributed by atoms with Gasteiger partial charge in [0.1, 0.15) is 11.5 Å². The molecule has 0 saturated carbocycles. The number of anilines is 3. The monoisotopic (exact) mass is 609 g/mol. The Morgan fingerprint density at radius 1 is 0.609 bits per heavy atom. The van der Waals surface area contributed by atoms with E-state index in [9.17, 15) is 9.59 Å². The van der Waals surface area contributed by atoms with Gasteiger partial charge in [-0.3, -0.25) is 4.79 Å². The first-order chi connectivity index (χ1) is 22.4. The molecule has 0 unspecified atom stereocenters. The van der Waals surface area contributed by atoms with Gasteiger partial charge in [-0.15, -0.1) is 0 Å². The van der Waals surface area contributed by atoms with E-state index < -0.39 is 6.16 Å². The molecule has 0 amide bonds. The fourth-order valence-electron chi connectivity index (χ4n) is 4.71. The van der Waals surface area contributed by atoms with Crippen LogP contribution in [-0.4, -0.2) is 25.7 Å². The van der Waals surface area contributed by atoms with Crippen molar-refractivity contribution < 1.29 is 23.8 Å². The minimum Gasteiger partial charge on any atom is -0.497 e. The largest absolute Gasteiger partial charge is 0.514 e. The van der Waals surface area contributed by atoms with Gasteiger partial charge in [-0.25, -0.2) is 4.79 Å². The highest BCUT2D eigenvalue weighted by Crippen LogP contribution is 2.35. The van der Waals surface area contributed by atoms with E-state index in [1.165, 1.54) is 12.5 Å². The molecule has 0 aliphatic rings. The highest BCUT2D eigenvalue weighted by Gasteiger charge is 2.12. The molecular formula is C40H35NO5. The van der Waals surface area contributed by atoms with Crippen molar-refractivity contribution in [1.82, 2.24) is 0 Å². The lowest BCUT2D eigenvalue weighted by molar-refractivity contribution is -0.120. The molecule has 0 N–H and O–H groups in total. The average Bonchev–Trinajstić information content (AvgIpc) is 3.08. The number of rotatable bonds is 11. The molecule has 0 aliphatic carbocycles. The van der Waals surface area contributed by atoms with Crippen LogP contribution in [-0.2, 0) is 9.53 Å². The molecule has 5 aromatic rings. The summed E-state index contributed by atoms with van der Waals surface area (Å²) < 4.78 is 15.3. The zero-order chi connectivity index (χ0) is 32.3. The van der Waals surface area contributed by atoms with Crippen molar-refractivity contribution in [3.05, 3.63) is 149 Å². The topological polar surface area (TPSA) is 65.1 Å². The predicted octanol–water partition coefficient (Wildman–Crippen LogP) is 9.92. The molecule has 0 saturated heterocycles. The molecule has 6 heteroatoms. The lowest BCUT2D eigenvalue weighted by Gasteiger charge is -2.26. The molecule has 0 atom stereocenters. The van der Waals surface area contributed by atoms with Gasteiger partial charge in [-0.05, 0) is 96.8 Å². The fraction of sp³-hybridized carbons (Fsp3) is 0.100. The van der Waals surface area contributed by atoms with E-state index in [0.717, 1.165) is 45.1 Å². The Bertz CT molecular complexity index is 1840. The van der Waals surface area contributed by atoms with E-state index in [1.54, 1.807) is 25.3 Å². The number of carbonyl (C=O) groups is 2. The average molecular weight is 610 g/mol. The van der Waals surface area contributed by atoms with E-state index in [1.807, 2.05) is 36.4 Å². The molecule has 0 heterocycles. The molecule has 6 nitrogen and oxygen atoms in total. The van der Waals surface area contributed by atoms with E-state index in [2.05, 4.69) is 103 Å². The van der Waals surface area contributed by atoms with Crippen molar-refractivity contribution >= 4 is 53.3 Å². The van der Waals surface area contributed by atoms with Gasteiger partial charge in [0.25, 0.3) is 0 Å². The third kappa shape index (κ3) is 8.83. The Balaban J connectivity index is 1.33. The number of ether oxygens (including phenoxy) is 3. The molecule has 0 aromatic heterocycles. The molecule has 0 bridgehead atoms. The second kappa shape index (κ2) is 15.2. The summed E-state index contributed by atoms with van der Waals surface area (Å²) in [5.74, 6) is 0.911. The highest BCUT2D eigenvalue weighted by molar-refractivity contribution is 5.80. The van der Waals surface area contributed by atoms with Crippen molar-refractivity contribution in [2.24, 2.45) is 0 Å². The summed E-state index contributed by atoms with van der Waals surface area (Å²) in [6.45, 7) is 3.11. The first kappa shape index (κ1) is 31.5. The maximum absolute atomic E-state index is 11.8. The lowest BCUT2D eigenvalue weighted by Crippen LogP contribution is -2.15. The Morgan fingerprint density at radius 2 is 1.07 bits per heavy atom. The highest BCUT2D eigenvalue weighted by atomic mass is 16.7. The number of benzene rings is 5. The fourth-order valence-corrected chi connectivity index (χ4v) is 4.71. The molecule has 0 fully saturated rings. The Labute approximate surface area is 269 Å². The molecule has 5 rings (SSSR count). The minimum absolute atomic E-state index is 0.256. The number of aryl methyl sites for hydroxylation is 1. The van der Waals surface area contributed by atoms with Crippen LogP contribution in [0, 0.1) is 6.92 Å². The van der Waals surface area contributed by atoms with Crippen LogP contribution in [0.5, 0.6) is 11.5 Å². The Morgan fingerprint density at radius 3 is 1.57 bits per heavy atom. The lowest BCUT2D eigenvalue weighted by atomic mass is 10.1. The molecule has 0 spiro atoms. The van der Waals surface area contributed by atoms with Gasteiger partial charge in [0, 0.05) is 17.1 Å². The summed E-state index contributed by atoms with van der Waals surface area (Å²) in [6.07, 6.45) is 7.20. The SMILES string of the molecule is COc1cccc(/C=C/c2ccc(N(c3ccc(C)cc3)c3ccc(/C=C/c4cccc(OC(=O)OCC(C)=O)c4)cc3)cc2)c1. The third-order valence-electron chi connectivity index (χ3n) is 7.08. The van der Waals surface area contributed by atoms with Crippen LogP contribution in [0.15, 0.2) is 121 Å². The maximum Gasteiger partial charge on any atom is 0.514 e. The summed E-state index contributed by atoms with van der Waals surface area (Å²) >= 11 is 0. The number of nitrogens with zero attached hydrogens (tertiary/aromatic N) is 1. The van der Waals surface area contributed by atoms with Crippen LogP contribution < -0.4 is 14.4 Å². The van der Waals surface area contributed by atoms with Crippen LogP contribution in [0.4, 0.5) is 21.9 Å². The van der Waals surface area contributed by atoms with E-state index in [4.69, 9.17) is 14.2 Å². The van der Waals surface area contributed by atoms with Gasteiger partial charge < -0.3 is 19.1 Å². The quantitative estimate of drug-likeness (QED) is 0.0844. The number of Topliss-reactive ketones (excluding diaryl/α,β-unsaturated/α-hetero) is 1. The van der Waals surface area contributed by atoms with Gasteiger partial charge in [-0.1, -0.05) is 90.5 Å². The number of hydrogen-bond acceptors (Lipinski definition) is 6. The Hall–Kier alpha value is -5.88. The third-order valence-corrected chi connectivity index (χ3v) is 7.08. The predicted molar refractivity (Wildman–Crippen MR) is 186 cm³/mol. The van der Waals surface area contributed by atoms with Crippen molar-refractivity contribution in [1.29, 1.82) is 0 Å². The van der Waals surface area contributed by atoms with Crippen molar-refractivity contribution in [2.45, 2.75) is 13.8 Å². The van der Waals surface area contributed by atoms with Crippen LogP contribution in [0.1, 0.15) is 34.7 Å². The van der Waals surface area contributed by atoms with Crippen LogP contribution in [0.2, 0.25) is 0 Å². The molecule has 0 aliphatic heterocycles. The van der Waals surface area contributed by atoms with E-state index >= 15 is 0 Å².